The lowest BCUT2D eigenvalue weighted by atomic mass is 10.1. The lowest BCUT2D eigenvalue weighted by Gasteiger charge is -2.36. The Morgan fingerprint density at radius 3 is 2.37 bits per heavy atom. The van der Waals surface area contributed by atoms with Gasteiger partial charge in [-0.05, 0) is 67.3 Å². The highest BCUT2D eigenvalue weighted by molar-refractivity contribution is 5.95. The minimum Gasteiger partial charge on any atom is -0.477 e. The number of fused-ring (bicyclic) bond motifs is 1. The monoisotopic (exact) mass is 588 g/mol. The number of aromatic amines is 2. The van der Waals surface area contributed by atoms with Crippen molar-refractivity contribution >= 4 is 45.8 Å². The van der Waals surface area contributed by atoms with E-state index in [0.29, 0.717) is 30.8 Å². The van der Waals surface area contributed by atoms with Gasteiger partial charge in [-0.1, -0.05) is 19.9 Å². The number of benzene rings is 2. The molecule has 43 heavy (non-hydrogen) atoms. The fourth-order valence-corrected chi connectivity index (χ4v) is 5.36. The van der Waals surface area contributed by atoms with Crippen LogP contribution in [-0.4, -0.2) is 58.2 Å². The molecule has 0 bridgehead atoms. The summed E-state index contributed by atoms with van der Waals surface area (Å²) >= 11 is 0. The molecule has 0 saturated carbocycles. The SMILES string of the molecule is CCc1cc(Nc2ccc(NC(=O)N3CCN(c4cc5[nH]c(CC)c(C(=O)O)c(=O)c5cc4F)CC3)c(=O)[nH]2)ccc1C. The van der Waals surface area contributed by atoms with Crippen LogP contribution in [-0.2, 0) is 12.8 Å². The van der Waals surface area contributed by atoms with Crippen molar-refractivity contribution in [2.24, 2.45) is 0 Å². The maximum atomic E-state index is 15.1. The van der Waals surface area contributed by atoms with Crippen LogP contribution in [0.1, 0.15) is 41.0 Å². The average Bonchev–Trinajstić information content (AvgIpc) is 2.99. The number of aryl methyl sites for hydroxylation is 3. The molecule has 12 heteroatoms. The van der Waals surface area contributed by atoms with Crippen molar-refractivity contribution in [3.05, 3.63) is 91.2 Å². The lowest BCUT2D eigenvalue weighted by Crippen LogP contribution is -2.50. The highest BCUT2D eigenvalue weighted by Crippen LogP contribution is 2.26. The third-order valence-corrected chi connectivity index (χ3v) is 7.78. The van der Waals surface area contributed by atoms with Crippen LogP contribution in [0.4, 0.5) is 32.1 Å². The highest BCUT2D eigenvalue weighted by atomic mass is 19.1. The van der Waals surface area contributed by atoms with Gasteiger partial charge in [-0.2, -0.15) is 0 Å². The van der Waals surface area contributed by atoms with Crippen molar-refractivity contribution < 1.29 is 19.1 Å². The van der Waals surface area contributed by atoms with E-state index in [1.54, 1.807) is 17.9 Å². The van der Waals surface area contributed by atoms with Crippen LogP contribution in [0.15, 0.2) is 52.1 Å². The molecule has 0 atom stereocenters. The van der Waals surface area contributed by atoms with E-state index in [1.165, 1.54) is 28.2 Å². The van der Waals surface area contributed by atoms with Gasteiger partial charge >= 0.3 is 12.0 Å². The third kappa shape index (κ3) is 5.94. The summed E-state index contributed by atoms with van der Waals surface area (Å²) in [5, 5.41) is 15.3. The first-order chi connectivity index (χ1) is 20.6. The third-order valence-electron chi connectivity index (χ3n) is 7.78. The van der Waals surface area contributed by atoms with E-state index < -0.39 is 28.8 Å². The number of rotatable bonds is 7. The number of carboxylic acid groups (broad SMARTS) is 1. The molecule has 0 spiro atoms. The van der Waals surface area contributed by atoms with Gasteiger partial charge in [-0.3, -0.25) is 9.59 Å². The molecule has 0 unspecified atom stereocenters. The Balaban J connectivity index is 1.25. The number of aromatic nitrogens is 2. The van der Waals surface area contributed by atoms with Gasteiger partial charge in [-0.25, -0.2) is 14.0 Å². The minimum atomic E-state index is -1.36. The van der Waals surface area contributed by atoms with Gasteiger partial charge in [0.2, 0.25) is 5.43 Å². The molecule has 1 aliphatic heterocycles. The van der Waals surface area contributed by atoms with Crippen molar-refractivity contribution in [3.63, 3.8) is 0 Å². The number of carboxylic acids is 1. The molecular formula is C31H33FN6O5. The molecule has 2 aromatic heterocycles. The predicted molar refractivity (Wildman–Crippen MR) is 165 cm³/mol. The van der Waals surface area contributed by atoms with Crippen LogP contribution >= 0.6 is 0 Å². The van der Waals surface area contributed by atoms with Gasteiger partial charge in [0.05, 0.1) is 11.2 Å². The van der Waals surface area contributed by atoms with Gasteiger partial charge in [0.15, 0.2) is 0 Å². The summed E-state index contributed by atoms with van der Waals surface area (Å²) in [4.78, 5) is 59.0. The van der Waals surface area contributed by atoms with Crippen molar-refractivity contribution in [1.29, 1.82) is 0 Å². The van der Waals surface area contributed by atoms with E-state index in [2.05, 4.69) is 27.5 Å². The second kappa shape index (κ2) is 12.0. The zero-order chi connectivity index (χ0) is 30.8. The number of pyridine rings is 2. The molecule has 0 radical (unpaired) electrons. The maximum Gasteiger partial charge on any atom is 0.341 e. The molecule has 1 fully saturated rings. The number of hydrogen-bond donors (Lipinski definition) is 5. The van der Waals surface area contributed by atoms with Crippen molar-refractivity contribution in [2.75, 3.05) is 41.7 Å². The van der Waals surface area contributed by atoms with Crippen LogP contribution in [0.3, 0.4) is 0 Å². The Morgan fingerprint density at radius 1 is 0.977 bits per heavy atom. The number of urea groups is 1. The Kier molecular flexibility index (Phi) is 8.20. The van der Waals surface area contributed by atoms with Crippen LogP contribution < -0.4 is 26.5 Å². The van der Waals surface area contributed by atoms with E-state index in [4.69, 9.17) is 0 Å². The van der Waals surface area contributed by atoms with Gasteiger partial charge in [0.25, 0.3) is 5.56 Å². The largest absolute Gasteiger partial charge is 0.477 e. The maximum absolute atomic E-state index is 15.1. The van der Waals surface area contributed by atoms with E-state index in [1.807, 2.05) is 25.1 Å². The van der Waals surface area contributed by atoms with Gasteiger partial charge in [0, 0.05) is 42.9 Å². The molecular weight excluding hydrogens is 555 g/mol. The van der Waals surface area contributed by atoms with Crippen molar-refractivity contribution in [1.82, 2.24) is 14.9 Å². The van der Waals surface area contributed by atoms with Crippen molar-refractivity contribution in [3.8, 4) is 0 Å². The highest BCUT2D eigenvalue weighted by Gasteiger charge is 2.25. The molecule has 0 aliphatic carbocycles. The van der Waals surface area contributed by atoms with Gasteiger partial charge in [-0.15, -0.1) is 0 Å². The number of halogens is 1. The van der Waals surface area contributed by atoms with Crippen LogP contribution in [0.5, 0.6) is 0 Å². The molecule has 2 aromatic carbocycles. The summed E-state index contributed by atoms with van der Waals surface area (Å²) in [6, 6.07) is 11.3. The number of carbonyl (C=O) groups is 2. The number of nitrogens with zero attached hydrogens (tertiary/aromatic N) is 2. The average molecular weight is 589 g/mol. The molecule has 11 nitrogen and oxygen atoms in total. The normalized spacial score (nSPS) is 13.3. The fraction of sp³-hybridized carbons (Fsp3) is 0.290. The Morgan fingerprint density at radius 2 is 1.72 bits per heavy atom. The number of amides is 2. The summed E-state index contributed by atoms with van der Waals surface area (Å²) < 4.78 is 15.1. The Hall–Kier alpha value is -5.13. The zero-order valence-electron chi connectivity index (χ0n) is 24.1. The van der Waals surface area contributed by atoms with Crippen LogP contribution in [0, 0.1) is 12.7 Å². The Labute approximate surface area is 246 Å². The van der Waals surface area contributed by atoms with E-state index >= 15 is 4.39 Å². The number of hydrogen-bond acceptors (Lipinski definition) is 6. The first-order valence-corrected chi connectivity index (χ1v) is 14.1. The van der Waals surface area contributed by atoms with Gasteiger partial charge in [0.1, 0.15) is 22.9 Å². The van der Waals surface area contributed by atoms with E-state index in [-0.39, 0.29) is 41.1 Å². The summed E-state index contributed by atoms with van der Waals surface area (Å²) in [6.45, 7) is 7.01. The molecule has 224 valence electrons. The van der Waals surface area contributed by atoms with E-state index in [9.17, 15) is 24.3 Å². The topological polar surface area (TPSA) is 151 Å². The van der Waals surface area contributed by atoms with Crippen LogP contribution in [0.2, 0.25) is 0 Å². The number of anilines is 4. The summed E-state index contributed by atoms with van der Waals surface area (Å²) in [7, 11) is 0. The van der Waals surface area contributed by atoms with E-state index in [0.717, 1.165) is 18.2 Å². The number of nitrogens with one attached hydrogen (secondary N) is 4. The fourth-order valence-electron chi connectivity index (χ4n) is 5.36. The predicted octanol–water partition coefficient (Wildman–Crippen LogP) is 4.58. The second-order valence-corrected chi connectivity index (χ2v) is 10.5. The Bertz CT molecular complexity index is 1840. The molecule has 3 heterocycles. The molecule has 2 amide bonds. The smallest absolute Gasteiger partial charge is 0.341 e. The lowest BCUT2D eigenvalue weighted by molar-refractivity contribution is 0.0694. The van der Waals surface area contributed by atoms with Crippen LogP contribution in [0.25, 0.3) is 10.9 Å². The molecule has 4 aromatic rings. The first kappa shape index (κ1) is 29.4. The molecule has 1 saturated heterocycles. The molecule has 5 rings (SSSR count). The quantitative estimate of drug-likeness (QED) is 0.212. The summed E-state index contributed by atoms with van der Waals surface area (Å²) in [5.41, 5.74) is 2.63. The first-order valence-electron chi connectivity index (χ1n) is 14.1. The van der Waals surface area contributed by atoms with Gasteiger partial charge < -0.3 is 35.5 Å². The molecule has 5 N–H and O–H groups in total. The zero-order valence-corrected chi connectivity index (χ0v) is 24.1. The number of H-pyrrole nitrogens is 2. The second-order valence-electron chi connectivity index (χ2n) is 10.5. The standard InChI is InChI=1S/C31H33FN6O5/c1-4-18-14-19(7-6-17(18)3)33-26-9-8-23(29(40)36-26)35-31(43)38-12-10-37(11-13-38)25-16-24-20(15-21(25)32)28(39)27(30(41)42)22(5-2)34-24/h6-9,14-16H,4-5,10-13H2,1-3H3,(H,34,39)(H,35,43)(H,41,42)(H2,33,36,40). The minimum absolute atomic E-state index is 0.0371. The number of carbonyl (C=O) groups excluding carboxylic acids is 1. The summed E-state index contributed by atoms with van der Waals surface area (Å²) in [5.74, 6) is -1.53. The number of piperazine rings is 1. The summed E-state index contributed by atoms with van der Waals surface area (Å²) in [6.07, 6.45) is 1.19. The molecule has 1 aliphatic rings. The van der Waals surface area contributed by atoms with Crippen molar-refractivity contribution in [2.45, 2.75) is 33.6 Å². The number of aromatic carboxylic acids is 1.